The van der Waals surface area contributed by atoms with E-state index in [4.69, 9.17) is 16.1 Å². The fraction of sp³-hybridized carbons (Fsp3) is 0.556. The Morgan fingerprint density at radius 3 is 2.77 bits per heavy atom. The second-order valence-electron chi connectivity index (χ2n) is 6.57. The number of hydrogen-bond donors (Lipinski definition) is 1. The van der Waals surface area contributed by atoms with Crippen LogP contribution in [-0.2, 0) is 6.54 Å². The minimum Gasteiger partial charge on any atom is -0.433 e. The lowest BCUT2D eigenvalue weighted by atomic mass is 9.89. The number of ether oxygens (including phenoxy) is 1. The Balaban J connectivity index is 1.56. The molecule has 1 N–H and O–H groups in total. The Bertz CT molecular complexity index is 720. The predicted molar refractivity (Wildman–Crippen MR) is 93.5 cm³/mol. The van der Waals surface area contributed by atoms with Crippen LogP contribution in [0.15, 0.2) is 22.7 Å². The summed E-state index contributed by atoms with van der Waals surface area (Å²) in [5.74, 6) is 1.71. The van der Waals surface area contributed by atoms with Crippen LogP contribution >= 0.6 is 11.6 Å². The van der Waals surface area contributed by atoms with E-state index in [1.807, 2.05) is 6.92 Å². The highest BCUT2D eigenvalue weighted by atomic mass is 35.5. The number of alkyl halides is 2. The fourth-order valence-electron chi connectivity index (χ4n) is 3.15. The summed E-state index contributed by atoms with van der Waals surface area (Å²) < 4.78 is 34.3. The average Bonchev–Trinajstić information content (AvgIpc) is 3.12. The molecule has 0 aliphatic heterocycles. The van der Waals surface area contributed by atoms with E-state index in [0.29, 0.717) is 18.4 Å². The maximum absolute atomic E-state index is 12.3. The smallest absolute Gasteiger partial charge is 0.387 e. The molecule has 1 unspecified atom stereocenters. The maximum Gasteiger partial charge on any atom is 0.387 e. The molecule has 26 heavy (non-hydrogen) atoms. The van der Waals surface area contributed by atoms with Crippen LogP contribution in [0.1, 0.15) is 68.3 Å². The summed E-state index contributed by atoms with van der Waals surface area (Å²) >= 11 is 5.97. The van der Waals surface area contributed by atoms with Crippen molar-refractivity contribution in [2.24, 2.45) is 0 Å². The Labute approximate surface area is 156 Å². The van der Waals surface area contributed by atoms with Gasteiger partial charge in [-0.25, -0.2) is 0 Å². The lowest BCUT2D eigenvalue weighted by Gasteiger charge is -2.17. The molecule has 1 aliphatic carbocycles. The highest BCUT2D eigenvalue weighted by Gasteiger charge is 2.22. The molecule has 1 aliphatic rings. The van der Waals surface area contributed by atoms with Gasteiger partial charge in [-0.15, -0.1) is 0 Å². The van der Waals surface area contributed by atoms with E-state index in [1.54, 1.807) is 12.1 Å². The van der Waals surface area contributed by atoms with E-state index in [9.17, 15) is 8.78 Å². The van der Waals surface area contributed by atoms with E-state index in [0.717, 1.165) is 24.2 Å². The molecule has 0 spiro atoms. The minimum absolute atomic E-state index is 0.0347. The highest BCUT2D eigenvalue weighted by molar-refractivity contribution is 6.32. The summed E-state index contributed by atoms with van der Waals surface area (Å²) in [4.78, 5) is 4.54. The van der Waals surface area contributed by atoms with Crippen LogP contribution in [0.3, 0.4) is 0 Å². The molecule has 5 nitrogen and oxygen atoms in total. The summed E-state index contributed by atoms with van der Waals surface area (Å²) in [5.41, 5.74) is 0.843. The van der Waals surface area contributed by atoms with E-state index >= 15 is 0 Å². The summed E-state index contributed by atoms with van der Waals surface area (Å²) in [7, 11) is 0. The topological polar surface area (TPSA) is 60.2 Å². The quantitative estimate of drug-likeness (QED) is 0.707. The van der Waals surface area contributed by atoms with E-state index in [2.05, 4.69) is 20.2 Å². The number of aromatic nitrogens is 2. The first-order chi connectivity index (χ1) is 12.5. The van der Waals surface area contributed by atoms with Crippen LogP contribution in [0.4, 0.5) is 8.78 Å². The third-order valence-electron chi connectivity index (χ3n) is 4.62. The van der Waals surface area contributed by atoms with Gasteiger partial charge in [-0.2, -0.15) is 13.8 Å². The van der Waals surface area contributed by atoms with Crippen LogP contribution in [0.25, 0.3) is 0 Å². The molecule has 2 aromatic rings. The SMILES string of the molecule is CC(NCc1ccc(OC(F)F)c(Cl)c1)c1nc(C2CCCCC2)no1. The van der Waals surface area contributed by atoms with Crippen molar-refractivity contribution in [1.29, 1.82) is 0 Å². The first-order valence-electron chi connectivity index (χ1n) is 8.83. The Morgan fingerprint density at radius 1 is 1.31 bits per heavy atom. The molecule has 0 amide bonds. The molecule has 1 aromatic heterocycles. The number of nitrogens with zero attached hydrogens (tertiary/aromatic N) is 2. The van der Waals surface area contributed by atoms with Gasteiger partial charge >= 0.3 is 6.61 Å². The lowest BCUT2D eigenvalue weighted by Crippen LogP contribution is -2.18. The van der Waals surface area contributed by atoms with Crippen LogP contribution in [0.2, 0.25) is 5.02 Å². The molecule has 1 fully saturated rings. The molecular formula is C18H22ClF2N3O2. The van der Waals surface area contributed by atoms with Crippen molar-refractivity contribution in [2.45, 2.75) is 64.1 Å². The zero-order valence-corrected chi connectivity index (χ0v) is 15.3. The van der Waals surface area contributed by atoms with Gasteiger partial charge in [-0.05, 0) is 37.5 Å². The summed E-state index contributed by atoms with van der Waals surface area (Å²) in [6, 6.07) is 4.59. The zero-order valence-electron chi connectivity index (χ0n) is 14.6. The van der Waals surface area contributed by atoms with Gasteiger partial charge in [0.2, 0.25) is 5.89 Å². The molecule has 3 rings (SSSR count). The summed E-state index contributed by atoms with van der Waals surface area (Å²) in [6.45, 7) is -0.474. The van der Waals surface area contributed by atoms with Crippen LogP contribution < -0.4 is 10.1 Å². The van der Waals surface area contributed by atoms with Crippen LogP contribution in [-0.4, -0.2) is 16.8 Å². The molecule has 1 saturated carbocycles. The van der Waals surface area contributed by atoms with E-state index in [-0.39, 0.29) is 16.8 Å². The van der Waals surface area contributed by atoms with Crippen LogP contribution in [0.5, 0.6) is 5.75 Å². The Kier molecular flexibility index (Phi) is 6.43. The van der Waals surface area contributed by atoms with Crippen molar-refractivity contribution in [3.8, 4) is 5.75 Å². The molecule has 1 heterocycles. The molecule has 0 radical (unpaired) electrons. The van der Waals surface area contributed by atoms with Gasteiger partial charge in [0.25, 0.3) is 0 Å². The molecule has 0 saturated heterocycles. The van der Waals surface area contributed by atoms with Gasteiger partial charge in [0.05, 0.1) is 11.1 Å². The number of hydrogen-bond acceptors (Lipinski definition) is 5. The molecule has 8 heteroatoms. The monoisotopic (exact) mass is 385 g/mol. The predicted octanol–water partition coefficient (Wildman–Crippen LogP) is 5.22. The van der Waals surface area contributed by atoms with Crippen molar-refractivity contribution in [3.05, 3.63) is 40.5 Å². The average molecular weight is 386 g/mol. The van der Waals surface area contributed by atoms with Crippen molar-refractivity contribution in [3.63, 3.8) is 0 Å². The van der Waals surface area contributed by atoms with Gasteiger partial charge in [0, 0.05) is 12.5 Å². The maximum atomic E-state index is 12.3. The number of benzene rings is 1. The molecular weight excluding hydrogens is 364 g/mol. The molecule has 1 atom stereocenters. The van der Waals surface area contributed by atoms with Crippen molar-refractivity contribution < 1.29 is 18.0 Å². The zero-order chi connectivity index (χ0) is 18.5. The minimum atomic E-state index is -2.90. The lowest BCUT2D eigenvalue weighted by molar-refractivity contribution is -0.0497. The van der Waals surface area contributed by atoms with Gasteiger partial charge in [0.1, 0.15) is 5.75 Å². The van der Waals surface area contributed by atoms with Crippen molar-refractivity contribution in [1.82, 2.24) is 15.5 Å². The number of nitrogens with one attached hydrogen (secondary N) is 1. The number of halogens is 3. The second-order valence-corrected chi connectivity index (χ2v) is 6.98. The molecule has 0 bridgehead atoms. The Morgan fingerprint density at radius 2 is 2.08 bits per heavy atom. The highest BCUT2D eigenvalue weighted by Crippen LogP contribution is 2.31. The van der Waals surface area contributed by atoms with E-state index in [1.165, 1.54) is 25.3 Å². The standard InChI is InChI=1S/C18H22ClF2N3O2/c1-11(17-23-16(24-26-17)13-5-3-2-4-6-13)22-10-12-7-8-15(14(19)9-12)25-18(20)21/h7-9,11,13,18,22H,2-6,10H2,1H3. The molecule has 1 aromatic carbocycles. The third-order valence-corrected chi connectivity index (χ3v) is 4.92. The third kappa shape index (κ3) is 4.92. The van der Waals surface area contributed by atoms with Crippen molar-refractivity contribution in [2.75, 3.05) is 0 Å². The summed E-state index contributed by atoms with van der Waals surface area (Å²) in [6.07, 6.45) is 5.95. The van der Waals surface area contributed by atoms with Gasteiger partial charge in [-0.1, -0.05) is 42.1 Å². The second kappa shape index (κ2) is 8.77. The van der Waals surface area contributed by atoms with Crippen molar-refractivity contribution >= 4 is 11.6 Å². The van der Waals surface area contributed by atoms with E-state index < -0.39 is 6.61 Å². The van der Waals surface area contributed by atoms with Gasteiger partial charge in [-0.3, -0.25) is 0 Å². The number of rotatable bonds is 7. The van der Waals surface area contributed by atoms with Crippen LogP contribution in [0, 0.1) is 0 Å². The first-order valence-corrected chi connectivity index (χ1v) is 9.21. The normalized spacial score (nSPS) is 16.8. The van der Waals surface area contributed by atoms with Gasteiger partial charge < -0.3 is 14.6 Å². The fourth-order valence-corrected chi connectivity index (χ4v) is 3.40. The largest absolute Gasteiger partial charge is 0.433 e. The molecule has 142 valence electrons. The summed E-state index contributed by atoms with van der Waals surface area (Å²) in [5, 5.41) is 7.56. The first kappa shape index (κ1) is 19.0. The Hall–Kier alpha value is -1.73. The van der Waals surface area contributed by atoms with Gasteiger partial charge in [0.15, 0.2) is 5.82 Å².